The Morgan fingerprint density at radius 2 is 1.66 bits per heavy atom. The van der Waals surface area contributed by atoms with Crippen molar-refractivity contribution in [3.05, 3.63) is 89.5 Å². The Labute approximate surface area is 172 Å². The van der Waals surface area contributed by atoms with Gasteiger partial charge in [-0.3, -0.25) is 0 Å². The predicted octanol–water partition coefficient (Wildman–Crippen LogP) is 5.87. The molecule has 0 N–H and O–H groups in total. The average molecular weight is 384 g/mol. The number of carbonyl (C=O) groups is 1. The van der Waals surface area contributed by atoms with Crippen LogP contribution in [0.5, 0.6) is 5.75 Å². The zero-order valence-electron chi connectivity index (χ0n) is 16.9. The summed E-state index contributed by atoms with van der Waals surface area (Å²) in [5.74, 6) is 3.01. The van der Waals surface area contributed by atoms with E-state index in [1.807, 2.05) is 81.4 Å². The zero-order chi connectivity index (χ0) is 20.9. The fraction of sp³-hybridized carbons (Fsp3) is 0.192. The lowest BCUT2D eigenvalue weighted by molar-refractivity contribution is 0.00695. The van der Waals surface area contributed by atoms with Crippen molar-refractivity contribution in [1.29, 1.82) is 0 Å². The van der Waals surface area contributed by atoms with E-state index in [1.165, 1.54) is 0 Å². The molecule has 3 heteroatoms. The topological polar surface area (TPSA) is 35.5 Å². The largest absolute Gasteiger partial charge is 0.488 e. The van der Waals surface area contributed by atoms with Gasteiger partial charge in [-0.25, -0.2) is 4.79 Å². The fourth-order valence-electron chi connectivity index (χ4n) is 2.83. The Morgan fingerprint density at radius 1 is 0.966 bits per heavy atom. The molecule has 0 fully saturated rings. The Hall–Kier alpha value is -3.51. The molecule has 0 amide bonds. The first kappa shape index (κ1) is 20.2. The molecule has 3 rings (SSSR count). The first-order valence-electron chi connectivity index (χ1n) is 9.47. The van der Waals surface area contributed by atoms with Crippen molar-refractivity contribution in [3.63, 3.8) is 0 Å². The maximum Gasteiger partial charge on any atom is 0.338 e. The van der Waals surface area contributed by atoms with Crippen LogP contribution < -0.4 is 4.74 Å². The van der Waals surface area contributed by atoms with E-state index in [4.69, 9.17) is 15.9 Å². The molecular formula is C26H24O3. The number of carbonyl (C=O) groups excluding carboxylic acids is 1. The van der Waals surface area contributed by atoms with Gasteiger partial charge in [0, 0.05) is 11.1 Å². The van der Waals surface area contributed by atoms with Crippen LogP contribution in [0, 0.1) is 12.3 Å². The second-order valence-electron chi connectivity index (χ2n) is 7.71. The van der Waals surface area contributed by atoms with Crippen molar-refractivity contribution < 1.29 is 14.3 Å². The summed E-state index contributed by atoms with van der Waals surface area (Å²) in [4.78, 5) is 12.2. The predicted molar refractivity (Wildman–Crippen MR) is 116 cm³/mol. The van der Waals surface area contributed by atoms with Crippen molar-refractivity contribution in [2.24, 2.45) is 0 Å². The molecule has 0 atom stereocenters. The Bertz CT molecular complexity index is 1020. The summed E-state index contributed by atoms with van der Waals surface area (Å²) in [6.45, 7) is 5.99. The molecule has 3 aromatic rings. The van der Waals surface area contributed by atoms with Gasteiger partial charge in [-0.1, -0.05) is 48.4 Å². The SMILES string of the molecule is C#Cc1ccc(-c2ccc(C(=O)OC(C)(C)C)cc2)c(OCc2ccccc2)c1. The van der Waals surface area contributed by atoms with Gasteiger partial charge in [0.05, 0.1) is 5.56 Å². The second kappa shape index (κ2) is 8.67. The van der Waals surface area contributed by atoms with Crippen molar-refractivity contribution in [2.75, 3.05) is 0 Å². The molecule has 0 spiro atoms. The molecule has 0 bridgehead atoms. The van der Waals surface area contributed by atoms with E-state index in [0.29, 0.717) is 17.9 Å². The Kier molecular flexibility index (Phi) is 6.04. The smallest absolute Gasteiger partial charge is 0.338 e. The van der Waals surface area contributed by atoms with Crippen LogP contribution in [0.15, 0.2) is 72.8 Å². The van der Waals surface area contributed by atoms with Gasteiger partial charge in [0.1, 0.15) is 18.0 Å². The van der Waals surface area contributed by atoms with Gasteiger partial charge in [0.15, 0.2) is 0 Å². The van der Waals surface area contributed by atoms with Gasteiger partial charge < -0.3 is 9.47 Å². The summed E-state index contributed by atoms with van der Waals surface area (Å²) in [6.07, 6.45) is 5.56. The van der Waals surface area contributed by atoms with Crippen molar-refractivity contribution in [3.8, 4) is 29.2 Å². The van der Waals surface area contributed by atoms with E-state index in [1.54, 1.807) is 12.1 Å². The molecule has 3 aromatic carbocycles. The average Bonchev–Trinajstić information content (AvgIpc) is 2.71. The van der Waals surface area contributed by atoms with Gasteiger partial charge in [-0.15, -0.1) is 6.42 Å². The van der Waals surface area contributed by atoms with Crippen LogP contribution in [-0.4, -0.2) is 11.6 Å². The number of esters is 1. The fourth-order valence-corrected chi connectivity index (χ4v) is 2.83. The highest BCUT2D eigenvalue weighted by molar-refractivity contribution is 5.90. The molecule has 0 saturated carbocycles. The molecular weight excluding hydrogens is 360 g/mol. The van der Waals surface area contributed by atoms with E-state index in [0.717, 1.165) is 22.3 Å². The van der Waals surface area contributed by atoms with Gasteiger partial charge in [-0.2, -0.15) is 0 Å². The standard InChI is InChI=1S/C26H24O3/c1-5-19-11-16-23(24(17-19)28-18-20-9-7-6-8-10-20)21-12-14-22(15-13-21)25(27)29-26(2,3)4/h1,6-17H,18H2,2-4H3. The molecule has 0 radical (unpaired) electrons. The Balaban J connectivity index is 1.86. The minimum Gasteiger partial charge on any atom is -0.488 e. The lowest BCUT2D eigenvalue weighted by atomic mass is 10.0. The number of hydrogen-bond donors (Lipinski definition) is 0. The number of terminal acetylenes is 1. The summed E-state index contributed by atoms with van der Waals surface area (Å²) in [5.41, 5.74) is 3.65. The zero-order valence-corrected chi connectivity index (χ0v) is 16.9. The minimum atomic E-state index is -0.529. The van der Waals surface area contributed by atoms with Crippen LogP contribution in [0.2, 0.25) is 0 Å². The van der Waals surface area contributed by atoms with Gasteiger partial charge >= 0.3 is 5.97 Å². The van der Waals surface area contributed by atoms with Crippen molar-refractivity contribution >= 4 is 5.97 Å². The van der Waals surface area contributed by atoms with E-state index >= 15 is 0 Å². The molecule has 146 valence electrons. The first-order valence-corrected chi connectivity index (χ1v) is 9.47. The molecule has 0 saturated heterocycles. The van der Waals surface area contributed by atoms with Gasteiger partial charge in [0.25, 0.3) is 0 Å². The number of benzene rings is 3. The second-order valence-corrected chi connectivity index (χ2v) is 7.71. The van der Waals surface area contributed by atoms with Crippen LogP contribution in [-0.2, 0) is 11.3 Å². The van der Waals surface area contributed by atoms with Gasteiger partial charge in [-0.05, 0) is 62.2 Å². The maximum atomic E-state index is 12.2. The Morgan fingerprint density at radius 3 is 2.28 bits per heavy atom. The lowest BCUT2D eigenvalue weighted by Crippen LogP contribution is -2.23. The third-order valence-corrected chi connectivity index (χ3v) is 4.22. The summed E-state index contributed by atoms with van der Waals surface area (Å²) >= 11 is 0. The highest BCUT2D eigenvalue weighted by Gasteiger charge is 2.18. The summed E-state index contributed by atoms with van der Waals surface area (Å²) in [6, 6.07) is 22.9. The van der Waals surface area contributed by atoms with Crippen LogP contribution in [0.4, 0.5) is 0 Å². The number of ether oxygens (including phenoxy) is 2. The van der Waals surface area contributed by atoms with Crippen LogP contribution in [0.1, 0.15) is 42.3 Å². The summed E-state index contributed by atoms with van der Waals surface area (Å²) in [5, 5.41) is 0. The first-order chi connectivity index (χ1) is 13.9. The monoisotopic (exact) mass is 384 g/mol. The maximum absolute atomic E-state index is 12.2. The third-order valence-electron chi connectivity index (χ3n) is 4.22. The van der Waals surface area contributed by atoms with E-state index < -0.39 is 5.60 Å². The molecule has 0 heterocycles. The molecule has 0 aliphatic heterocycles. The van der Waals surface area contributed by atoms with Crippen molar-refractivity contribution in [2.45, 2.75) is 33.0 Å². The molecule has 3 nitrogen and oxygen atoms in total. The van der Waals surface area contributed by atoms with E-state index in [2.05, 4.69) is 5.92 Å². The third kappa shape index (κ3) is 5.49. The molecule has 0 aliphatic carbocycles. The highest BCUT2D eigenvalue weighted by Crippen LogP contribution is 2.32. The quantitative estimate of drug-likeness (QED) is 0.408. The van der Waals surface area contributed by atoms with Crippen LogP contribution in [0.25, 0.3) is 11.1 Å². The lowest BCUT2D eigenvalue weighted by Gasteiger charge is -2.19. The van der Waals surface area contributed by atoms with Crippen LogP contribution in [0.3, 0.4) is 0 Å². The normalized spacial score (nSPS) is 10.8. The van der Waals surface area contributed by atoms with Gasteiger partial charge in [0.2, 0.25) is 0 Å². The number of rotatable bonds is 5. The van der Waals surface area contributed by atoms with E-state index in [-0.39, 0.29) is 5.97 Å². The molecule has 0 aromatic heterocycles. The summed E-state index contributed by atoms with van der Waals surface area (Å²) in [7, 11) is 0. The molecule has 29 heavy (non-hydrogen) atoms. The highest BCUT2D eigenvalue weighted by atomic mass is 16.6. The molecule has 0 unspecified atom stereocenters. The van der Waals surface area contributed by atoms with Crippen LogP contribution >= 0.6 is 0 Å². The number of hydrogen-bond acceptors (Lipinski definition) is 3. The van der Waals surface area contributed by atoms with Crippen molar-refractivity contribution in [1.82, 2.24) is 0 Å². The van der Waals surface area contributed by atoms with E-state index in [9.17, 15) is 4.79 Å². The molecule has 0 aliphatic rings. The summed E-state index contributed by atoms with van der Waals surface area (Å²) < 4.78 is 11.5. The minimum absolute atomic E-state index is 0.340.